The number of hydrogen-bond acceptors (Lipinski definition) is 25. The van der Waals surface area contributed by atoms with Gasteiger partial charge in [0.1, 0.15) is 86.2 Å². The van der Waals surface area contributed by atoms with Crippen molar-refractivity contribution in [3.05, 3.63) is 355 Å². The second kappa shape index (κ2) is 37.4. The maximum atomic E-state index is 14.7. The predicted octanol–water partition coefficient (Wildman–Crippen LogP) is 19.7. The van der Waals surface area contributed by atoms with Crippen molar-refractivity contribution in [3.63, 3.8) is 0 Å². The molecule has 29 nitrogen and oxygen atoms in total. The molecule has 38 heteroatoms. The van der Waals surface area contributed by atoms with Gasteiger partial charge in [0.2, 0.25) is 23.3 Å². The van der Waals surface area contributed by atoms with Crippen molar-refractivity contribution in [2.24, 2.45) is 0 Å². The monoisotopic (exact) mass is 1770 g/mol. The topological polar surface area (TPSA) is 351 Å². The van der Waals surface area contributed by atoms with Crippen LogP contribution in [-0.2, 0) is 15.7 Å². The molecule has 0 saturated heterocycles. The third kappa shape index (κ3) is 18.0. The first kappa shape index (κ1) is 85.1. The summed E-state index contributed by atoms with van der Waals surface area (Å²) in [6.07, 6.45) is -4.51. The Labute approximate surface area is 731 Å². The van der Waals surface area contributed by atoms with Crippen LogP contribution in [0.25, 0.3) is 160 Å². The number of phenolic OH excluding ortho intramolecular Hbond substituents is 1. The van der Waals surface area contributed by atoms with Crippen LogP contribution in [0.15, 0.2) is 321 Å². The van der Waals surface area contributed by atoms with Crippen LogP contribution >= 0.6 is 0 Å². The smallest absolute Gasteiger partial charge is 0.416 e. The Hall–Kier alpha value is -18.1. The number of esters is 2. The summed E-state index contributed by atoms with van der Waals surface area (Å²) in [5, 5.41) is 58.0. The lowest BCUT2D eigenvalue weighted by atomic mass is 10.1. The quantitative estimate of drug-likeness (QED) is 0.0616. The standard InChI is InChI=1S/C24H15F2N5O3.C24H16FN5O3.C23H13F4N5O.C22H13F2N5O2/c1-33-24(32)15-11-12-16(18(26)13-15)22-27-23(34-29-22)20-21(14-7-3-2-4-8-14)31(30-28-20)19-10-6-5-9-17(19)25;1-32-24(31)17-11-7-10-16(14-17)22-26-23(33-28-22)20-21(15-8-3-2-4-9-15)30(29-27-20)19-13-6-5-12-18(19)25;24-17-11-4-5-12-18(17)32-20(14-7-2-1-3-8-14)19(29-31-32)22-28-21(30-33-22)15-9-6-10-16(13-15)23(25,26)27;23-16-8-4-5-9-18(16)29-20(13-6-2-1-3-7-13)19(26-28-29)22-25-21(27-31-22)15-11-10-14(30)12-17(15)24/h2-13H,1H3;2-14H,1H3;1-13H;1-12,30H. The van der Waals surface area contributed by atoms with Gasteiger partial charge in [0.25, 0.3) is 23.6 Å². The Kier molecular flexibility index (Phi) is 24.3. The summed E-state index contributed by atoms with van der Waals surface area (Å²) >= 11 is 0. The molecule has 646 valence electrons. The molecule has 131 heavy (non-hydrogen) atoms. The van der Waals surface area contributed by atoms with Gasteiger partial charge in [-0.1, -0.05) is 236 Å². The first-order valence-electron chi connectivity index (χ1n) is 38.9. The fraction of sp³-hybridized carbons (Fsp3) is 0.0323. The van der Waals surface area contributed by atoms with E-state index in [1.807, 2.05) is 97.1 Å². The number of rotatable bonds is 18. The molecule has 0 aliphatic heterocycles. The number of aromatic hydroxyl groups is 1. The van der Waals surface area contributed by atoms with E-state index < -0.39 is 58.6 Å². The molecule has 0 aliphatic rings. The Balaban J connectivity index is 0.000000122. The van der Waals surface area contributed by atoms with Crippen molar-refractivity contribution in [1.82, 2.24) is 101 Å². The van der Waals surface area contributed by atoms with E-state index in [-0.39, 0.29) is 115 Å². The molecule has 0 amide bonds. The Bertz CT molecular complexity index is 7510. The molecule has 0 bridgehead atoms. The van der Waals surface area contributed by atoms with E-state index in [9.17, 15) is 54.2 Å². The number of carbonyl (C=O) groups is 2. The number of nitrogens with zero attached hydrogens (tertiary/aromatic N) is 20. The molecule has 0 radical (unpaired) electrons. The van der Waals surface area contributed by atoms with Crippen molar-refractivity contribution in [3.8, 4) is 165 Å². The maximum absolute atomic E-state index is 14.7. The van der Waals surface area contributed by atoms with Gasteiger partial charge in [0.05, 0.1) is 42.0 Å². The summed E-state index contributed by atoms with van der Waals surface area (Å²) in [7, 11) is 2.52. The van der Waals surface area contributed by atoms with Gasteiger partial charge in [-0.3, -0.25) is 0 Å². The van der Waals surface area contributed by atoms with Crippen molar-refractivity contribution >= 4 is 11.9 Å². The van der Waals surface area contributed by atoms with E-state index >= 15 is 0 Å². The average molecular weight is 1770 g/mol. The largest absolute Gasteiger partial charge is 0.508 e. The van der Waals surface area contributed by atoms with Crippen molar-refractivity contribution < 1.29 is 81.8 Å². The molecule has 0 atom stereocenters. The van der Waals surface area contributed by atoms with Gasteiger partial charge in [-0.15, -0.1) is 20.4 Å². The number of para-hydroxylation sites is 4. The molecule has 8 heterocycles. The van der Waals surface area contributed by atoms with Gasteiger partial charge in [0, 0.05) is 39.4 Å². The van der Waals surface area contributed by atoms with Crippen LogP contribution in [0.1, 0.15) is 26.3 Å². The minimum atomic E-state index is -4.51. The van der Waals surface area contributed by atoms with E-state index in [1.165, 1.54) is 93.6 Å². The van der Waals surface area contributed by atoms with Crippen LogP contribution in [0.5, 0.6) is 5.75 Å². The molecule has 20 aromatic rings. The molecular weight excluding hydrogens is 1710 g/mol. The van der Waals surface area contributed by atoms with Gasteiger partial charge in [-0.2, -0.15) is 33.1 Å². The van der Waals surface area contributed by atoms with E-state index in [0.29, 0.717) is 56.3 Å². The van der Waals surface area contributed by atoms with E-state index in [1.54, 1.807) is 121 Å². The SMILES string of the molecule is COC(=O)c1ccc(-c2noc(-c3nnn(-c4ccccc4F)c3-c3ccccc3)n2)c(F)c1.COC(=O)c1cccc(-c2noc(-c3nnn(-c4ccccc4F)c3-c3ccccc3)n2)c1.Fc1ccccc1-n1nnc(-c2nc(-c3cccc(C(F)(F)F)c3)no2)c1-c1ccccc1.Oc1ccc(-c2noc(-c3nnn(-c4ccccc4F)c3-c3ccccc3)n2)c(F)c1. The second-order valence-corrected chi connectivity index (χ2v) is 27.8. The van der Waals surface area contributed by atoms with Gasteiger partial charge >= 0.3 is 18.1 Å². The number of aromatic nitrogens is 20. The number of ether oxygens (including phenoxy) is 2. The number of benzene rings is 12. The molecule has 0 aliphatic carbocycles. The Morgan fingerprint density at radius 2 is 0.595 bits per heavy atom. The number of halogens is 9. The van der Waals surface area contributed by atoms with Crippen LogP contribution in [0.2, 0.25) is 0 Å². The summed E-state index contributed by atoms with van der Waals surface area (Å²) in [6.45, 7) is 0. The zero-order valence-electron chi connectivity index (χ0n) is 67.4. The third-order valence-electron chi connectivity index (χ3n) is 19.5. The van der Waals surface area contributed by atoms with Crippen molar-refractivity contribution in [2.75, 3.05) is 14.2 Å². The number of methoxy groups -OCH3 is 2. The normalized spacial score (nSPS) is 11.1. The predicted molar refractivity (Wildman–Crippen MR) is 451 cm³/mol. The molecule has 0 fully saturated rings. The highest BCUT2D eigenvalue weighted by Gasteiger charge is 2.34. The molecule has 12 aromatic carbocycles. The fourth-order valence-electron chi connectivity index (χ4n) is 13.4. The third-order valence-corrected chi connectivity index (χ3v) is 19.5. The average Bonchev–Trinajstić information content (AvgIpc) is 1.63. The molecular formula is C93H57F9N20O9. The van der Waals surface area contributed by atoms with E-state index in [4.69, 9.17) is 22.8 Å². The summed E-state index contributed by atoms with van der Waals surface area (Å²) in [6, 6.07) is 79.8. The van der Waals surface area contributed by atoms with Crippen LogP contribution < -0.4 is 0 Å². The first-order valence-corrected chi connectivity index (χ1v) is 38.9. The number of phenols is 1. The van der Waals surface area contributed by atoms with Crippen LogP contribution in [0.4, 0.5) is 39.5 Å². The molecule has 0 saturated carbocycles. The van der Waals surface area contributed by atoms with Gasteiger partial charge in [-0.05, 0) is 103 Å². The van der Waals surface area contributed by atoms with Gasteiger partial charge in [-0.25, -0.2) is 54.7 Å². The Morgan fingerprint density at radius 3 is 0.924 bits per heavy atom. The van der Waals surface area contributed by atoms with Crippen LogP contribution in [0, 0.1) is 34.9 Å². The molecule has 8 aromatic heterocycles. The van der Waals surface area contributed by atoms with E-state index in [0.717, 1.165) is 29.8 Å². The van der Waals surface area contributed by atoms with Crippen molar-refractivity contribution in [2.45, 2.75) is 6.18 Å². The van der Waals surface area contributed by atoms with Crippen molar-refractivity contribution in [1.29, 1.82) is 0 Å². The molecule has 20 rings (SSSR count). The highest BCUT2D eigenvalue weighted by atomic mass is 19.4. The molecule has 1 N–H and O–H groups in total. The Morgan fingerprint density at radius 1 is 0.305 bits per heavy atom. The second-order valence-electron chi connectivity index (χ2n) is 27.8. The number of carbonyl (C=O) groups excluding carboxylic acids is 2. The molecule has 0 spiro atoms. The highest BCUT2D eigenvalue weighted by Crippen LogP contribution is 2.41. The number of hydrogen-bond donors (Lipinski definition) is 1. The van der Waals surface area contributed by atoms with E-state index in [2.05, 4.69) is 86.5 Å². The zero-order valence-corrected chi connectivity index (χ0v) is 67.4. The molecule has 0 unspecified atom stereocenters. The fourth-order valence-corrected chi connectivity index (χ4v) is 13.4. The van der Waals surface area contributed by atoms with Crippen LogP contribution in [0.3, 0.4) is 0 Å². The summed E-state index contributed by atoms with van der Waals surface area (Å²) < 4.78 is 162. The minimum absolute atomic E-state index is 0.0103. The number of alkyl halides is 3. The summed E-state index contributed by atoms with van der Waals surface area (Å²) in [5.41, 5.74) is 6.50. The summed E-state index contributed by atoms with van der Waals surface area (Å²) in [4.78, 5) is 40.7. The zero-order chi connectivity index (χ0) is 90.8. The van der Waals surface area contributed by atoms with Gasteiger partial charge < -0.3 is 32.7 Å². The highest BCUT2D eigenvalue weighted by molar-refractivity contribution is 5.91. The lowest BCUT2D eigenvalue weighted by Crippen LogP contribution is -2.04. The summed E-state index contributed by atoms with van der Waals surface area (Å²) in [5.74, 6) is -4.59. The minimum Gasteiger partial charge on any atom is -0.508 e. The maximum Gasteiger partial charge on any atom is 0.416 e. The lowest BCUT2D eigenvalue weighted by molar-refractivity contribution is -0.137. The lowest BCUT2D eigenvalue weighted by Gasteiger charge is -2.08. The van der Waals surface area contributed by atoms with Crippen LogP contribution in [-0.4, -0.2) is 132 Å². The first-order chi connectivity index (χ1) is 63.7. The van der Waals surface area contributed by atoms with Gasteiger partial charge in [0.15, 0.2) is 22.8 Å².